The summed E-state index contributed by atoms with van der Waals surface area (Å²) < 4.78 is 1.98. The summed E-state index contributed by atoms with van der Waals surface area (Å²) in [5, 5.41) is 7.19. The molecule has 1 atom stereocenters. The Morgan fingerprint density at radius 2 is 1.84 bits per heavy atom. The van der Waals surface area contributed by atoms with Crippen molar-refractivity contribution in [2.24, 2.45) is 0 Å². The van der Waals surface area contributed by atoms with Gasteiger partial charge in [-0.1, -0.05) is 31.2 Å². The number of rotatable bonds is 5. The molecule has 5 heteroatoms. The minimum Gasteiger partial charge on any atom is -0.356 e. The number of imidazole rings is 1. The summed E-state index contributed by atoms with van der Waals surface area (Å²) in [4.78, 5) is 4.07. The molecule has 3 rings (SSSR count). The Kier molecular flexibility index (Phi) is 5.46. The quantitative estimate of drug-likeness (QED) is 0.666. The van der Waals surface area contributed by atoms with Crippen LogP contribution in [0.1, 0.15) is 31.0 Å². The van der Waals surface area contributed by atoms with Crippen LogP contribution in [0.4, 0.5) is 5.69 Å². The van der Waals surface area contributed by atoms with E-state index in [1.54, 1.807) is 12.5 Å². The third-order valence-electron chi connectivity index (χ3n) is 4.16. The van der Waals surface area contributed by atoms with Crippen molar-refractivity contribution in [3.63, 3.8) is 0 Å². The Morgan fingerprint density at radius 3 is 2.44 bits per heavy atom. The maximum absolute atomic E-state index is 5.43. The molecule has 0 spiro atoms. The molecule has 3 aromatic rings. The molecule has 0 aliphatic rings. The van der Waals surface area contributed by atoms with Gasteiger partial charge in [-0.15, -0.1) is 0 Å². The molecule has 2 N–H and O–H groups in total. The van der Waals surface area contributed by atoms with E-state index in [-0.39, 0.29) is 6.04 Å². The molecular formula is C20H22N4S. The lowest BCUT2D eigenvalue weighted by Gasteiger charge is -2.18. The summed E-state index contributed by atoms with van der Waals surface area (Å²) in [6, 6.07) is 16.8. The summed E-state index contributed by atoms with van der Waals surface area (Å²) in [7, 11) is 0. The molecule has 2 aromatic carbocycles. The number of anilines is 1. The van der Waals surface area contributed by atoms with E-state index in [1.807, 2.05) is 10.8 Å². The summed E-state index contributed by atoms with van der Waals surface area (Å²) in [5.74, 6) is 0. The molecule has 1 aromatic heterocycles. The van der Waals surface area contributed by atoms with Crippen LogP contribution in [-0.2, 0) is 6.42 Å². The first-order chi connectivity index (χ1) is 12.2. The summed E-state index contributed by atoms with van der Waals surface area (Å²) in [5.41, 5.74) is 4.58. The SMILES string of the molecule is CCc1ccc(NC(=S)N[C@H](C)c2ccc(-n3ccnc3)cc2)cc1. The van der Waals surface area contributed by atoms with E-state index in [0.29, 0.717) is 5.11 Å². The molecule has 0 saturated heterocycles. The zero-order chi connectivity index (χ0) is 17.6. The van der Waals surface area contributed by atoms with Crippen molar-refractivity contribution in [1.29, 1.82) is 0 Å². The number of nitrogens with zero attached hydrogens (tertiary/aromatic N) is 2. The number of hydrogen-bond acceptors (Lipinski definition) is 2. The Labute approximate surface area is 153 Å². The second kappa shape index (κ2) is 7.94. The van der Waals surface area contributed by atoms with Crippen molar-refractivity contribution in [2.45, 2.75) is 26.3 Å². The maximum atomic E-state index is 5.43. The summed E-state index contributed by atoms with van der Waals surface area (Å²) in [6.07, 6.45) is 6.53. The van der Waals surface area contributed by atoms with Gasteiger partial charge < -0.3 is 15.2 Å². The fraction of sp³-hybridized carbons (Fsp3) is 0.200. The standard InChI is InChI=1S/C20H22N4S/c1-3-16-4-8-18(9-5-16)23-20(25)22-15(2)17-6-10-19(11-7-17)24-13-12-21-14-24/h4-15H,3H2,1-2H3,(H2,22,23,25)/t15-/m1/s1. The topological polar surface area (TPSA) is 41.9 Å². The first-order valence-electron chi connectivity index (χ1n) is 8.40. The fourth-order valence-electron chi connectivity index (χ4n) is 2.62. The van der Waals surface area contributed by atoms with Gasteiger partial charge in [-0.3, -0.25) is 0 Å². The Balaban J connectivity index is 1.59. The number of hydrogen-bond donors (Lipinski definition) is 2. The van der Waals surface area contributed by atoms with Crippen LogP contribution in [0, 0.1) is 0 Å². The predicted octanol–water partition coefficient (Wildman–Crippen LogP) is 4.48. The van der Waals surface area contributed by atoms with Gasteiger partial charge >= 0.3 is 0 Å². The van der Waals surface area contributed by atoms with E-state index in [0.717, 1.165) is 17.8 Å². The van der Waals surface area contributed by atoms with Gasteiger partial charge in [0.25, 0.3) is 0 Å². The van der Waals surface area contributed by atoms with Gasteiger partial charge in [-0.05, 0) is 61.0 Å². The van der Waals surface area contributed by atoms with Crippen LogP contribution in [0.2, 0.25) is 0 Å². The van der Waals surface area contributed by atoms with Crippen molar-refractivity contribution >= 4 is 23.0 Å². The van der Waals surface area contributed by atoms with Crippen LogP contribution in [0.15, 0.2) is 67.3 Å². The Hall–Kier alpha value is -2.66. The van der Waals surface area contributed by atoms with Gasteiger partial charge in [0.1, 0.15) is 0 Å². The lowest BCUT2D eigenvalue weighted by molar-refractivity contribution is 0.722. The Morgan fingerprint density at radius 1 is 1.12 bits per heavy atom. The van der Waals surface area contributed by atoms with Crippen molar-refractivity contribution in [3.8, 4) is 5.69 Å². The zero-order valence-corrected chi connectivity index (χ0v) is 15.3. The molecular weight excluding hydrogens is 328 g/mol. The smallest absolute Gasteiger partial charge is 0.171 e. The minimum atomic E-state index is 0.117. The maximum Gasteiger partial charge on any atom is 0.171 e. The van der Waals surface area contributed by atoms with Gasteiger partial charge in [0, 0.05) is 23.8 Å². The number of aromatic nitrogens is 2. The van der Waals surface area contributed by atoms with Crippen LogP contribution in [-0.4, -0.2) is 14.7 Å². The van der Waals surface area contributed by atoms with Crippen LogP contribution in [0.25, 0.3) is 5.69 Å². The van der Waals surface area contributed by atoms with Crippen molar-refractivity contribution in [3.05, 3.63) is 78.4 Å². The molecule has 25 heavy (non-hydrogen) atoms. The molecule has 128 valence electrons. The zero-order valence-electron chi connectivity index (χ0n) is 14.4. The highest BCUT2D eigenvalue weighted by Crippen LogP contribution is 2.16. The van der Waals surface area contributed by atoms with Gasteiger partial charge in [-0.2, -0.15) is 0 Å². The molecule has 0 aliphatic heterocycles. The van der Waals surface area contributed by atoms with Crippen LogP contribution in [0.5, 0.6) is 0 Å². The lowest BCUT2D eigenvalue weighted by Crippen LogP contribution is -2.30. The second-order valence-corrected chi connectivity index (χ2v) is 6.34. The van der Waals surface area contributed by atoms with E-state index >= 15 is 0 Å². The van der Waals surface area contributed by atoms with E-state index in [9.17, 15) is 0 Å². The highest BCUT2D eigenvalue weighted by molar-refractivity contribution is 7.80. The van der Waals surface area contributed by atoms with Gasteiger partial charge in [0.2, 0.25) is 0 Å². The fourth-order valence-corrected chi connectivity index (χ4v) is 2.91. The number of nitrogens with one attached hydrogen (secondary N) is 2. The molecule has 0 fully saturated rings. The van der Waals surface area contributed by atoms with Gasteiger partial charge in [-0.25, -0.2) is 4.98 Å². The Bertz CT molecular complexity index is 808. The lowest BCUT2D eigenvalue weighted by atomic mass is 10.1. The van der Waals surface area contributed by atoms with Crippen LogP contribution >= 0.6 is 12.2 Å². The van der Waals surface area contributed by atoms with Crippen molar-refractivity contribution in [2.75, 3.05) is 5.32 Å². The predicted molar refractivity (Wildman–Crippen MR) is 107 cm³/mol. The average molecular weight is 350 g/mol. The average Bonchev–Trinajstić information content (AvgIpc) is 3.17. The molecule has 0 aliphatic carbocycles. The van der Waals surface area contributed by atoms with Crippen LogP contribution in [0.3, 0.4) is 0 Å². The van der Waals surface area contributed by atoms with Crippen LogP contribution < -0.4 is 10.6 Å². The second-order valence-electron chi connectivity index (χ2n) is 5.93. The molecule has 0 bridgehead atoms. The third kappa shape index (κ3) is 4.45. The number of aryl methyl sites for hydroxylation is 1. The van der Waals surface area contributed by atoms with Gasteiger partial charge in [0.15, 0.2) is 5.11 Å². The minimum absolute atomic E-state index is 0.117. The molecule has 0 unspecified atom stereocenters. The molecule has 0 saturated carbocycles. The molecule has 0 amide bonds. The van der Waals surface area contributed by atoms with E-state index in [4.69, 9.17) is 12.2 Å². The first kappa shape index (κ1) is 17.2. The van der Waals surface area contributed by atoms with Gasteiger partial charge in [0.05, 0.1) is 12.4 Å². The summed E-state index contributed by atoms with van der Waals surface area (Å²) in [6.45, 7) is 4.24. The third-order valence-corrected chi connectivity index (χ3v) is 4.38. The molecule has 4 nitrogen and oxygen atoms in total. The van der Waals surface area contributed by atoms with E-state index < -0.39 is 0 Å². The van der Waals surface area contributed by atoms with Crippen molar-refractivity contribution < 1.29 is 0 Å². The number of benzene rings is 2. The normalized spacial score (nSPS) is 11.8. The first-order valence-corrected chi connectivity index (χ1v) is 8.81. The number of thiocarbonyl (C=S) groups is 1. The largest absolute Gasteiger partial charge is 0.356 e. The highest BCUT2D eigenvalue weighted by atomic mass is 32.1. The van der Waals surface area contributed by atoms with E-state index in [1.165, 1.54) is 11.1 Å². The van der Waals surface area contributed by atoms with E-state index in [2.05, 4.69) is 78.0 Å². The van der Waals surface area contributed by atoms with Crippen molar-refractivity contribution in [1.82, 2.24) is 14.9 Å². The monoisotopic (exact) mass is 350 g/mol. The molecule has 0 radical (unpaired) electrons. The molecule has 1 heterocycles. The highest BCUT2D eigenvalue weighted by Gasteiger charge is 2.07. The summed E-state index contributed by atoms with van der Waals surface area (Å²) >= 11 is 5.43.